The molecule has 0 heterocycles. The molecule has 6 atom stereocenters. The third-order valence-corrected chi connectivity index (χ3v) is 7.85. The lowest BCUT2D eigenvalue weighted by Crippen LogP contribution is -2.73. The molecule has 9 heteroatoms. The van der Waals surface area contributed by atoms with Crippen LogP contribution in [-0.2, 0) is 20.8 Å². The molecule has 0 spiro atoms. The number of amides is 1. The zero-order chi connectivity index (χ0) is 26.5. The summed E-state index contributed by atoms with van der Waals surface area (Å²) in [7, 11) is 3.24. The fourth-order valence-corrected chi connectivity index (χ4v) is 6.14. The van der Waals surface area contributed by atoms with Crippen molar-refractivity contribution in [2.24, 2.45) is 23.5 Å². The molecule has 9 nitrogen and oxygen atoms in total. The number of nitrogens with two attached hydrogens (primary N) is 1. The maximum atomic E-state index is 13.8. The number of likely N-dealkylation sites (N-methyl/N-ethyl adjacent to an activating group) is 1. The number of Topliss-reactive ketones (excluding diaryl/α,β-unsaturated/α-hetero) is 2. The van der Waals surface area contributed by atoms with Gasteiger partial charge in [0.15, 0.2) is 11.4 Å². The van der Waals surface area contributed by atoms with Crippen LogP contribution >= 0.6 is 0 Å². The number of aliphatic hydroxyl groups is 3. The highest BCUT2D eigenvalue weighted by Crippen LogP contribution is 2.52. The monoisotopic (exact) mass is 496 g/mol. The normalized spacial score (nSPS) is 31.3. The lowest BCUT2D eigenvalue weighted by atomic mass is 9.54. The number of unbranched alkanes of at least 4 members (excludes halogenated alkanes) is 2. The van der Waals surface area contributed by atoms with E-state index in [1.807, 2.05) is 0 Å². The van der Waals surface area contributed by atoms with Crippen LogP contribution in [0.5, 0.6) is 5.75 Å². The summed E-state index contributed by atoms with van der Waals surface area (Å²) in [5.74, 6) is -1.31. The Balaban J connectivity index is 1.87. The van der Waals surface area contributed by atoms with Crippen molar-refractivity contribution in [2.75, 3.05) is 14.1 Å². The van der Waals surface area contributed by atoms with Crippen LogP contribution in [0.4, 0.5) is 0 Å². The molecule has 1 aromatic carbocycles. The third kappa shape index (κ3) is 3.72. The summed E-state index contributed by atoms with van der Waals surface area (Å²) in [6.07, 6.45) is 1.44. The van der Waals surface area contributed by atoms with Crippen molar-refractivity contribution in [1.82, 2.24) is 4.90 Å². The minimum absolute atomic E-state index is 0.0536. The Bertz CT molecular complexity index is 1220. The van der Waals surface area contributed by atoms with Crippen LogP contribution < -0.4 is 5.73 Å². The number of aliphatic hydroxyl groups excluding tert-OH is 2. The standard InChI is InChI=1S/C27H32N2O7/c1-4-5-6-7-8-13-9-10-17(30)19-15(13)11-14-12-16-21(29(2)3)23(32)20(26(28)35)25(34)27(16,36)24(33)18(14)22(19)31/h9-10,14,16,20-21,23,30-32,36H,4-6,11-12H2,1-3H3,(H2,28,35)/t14-,16-,20?,21-,23?,27-/m1/s1. The third-order valence-electron chi connectivity index (χ3n) is 7.85. The van der Waals surface area contributed by atoms with Gasteiger partial charge in [-0.05, 0) is 57.0 Å². The number of carbonyl (C=O) groups is 3. The Morgan fingerprint density at radius 2 is 1.94 bits per heavy atom. The van der Waals surface area contributed by atoms with Crippen LogP contribution in [0.25, 0.3) is 5.76 Å². The van der Waals surface area contributed by atoms with Gasteiger partial charge < -0.3 is 31.1 Å². The molecule has 2 fully saturated rings. The summed E-state index contributed by atoms with van der Waals surface area (Å²) < 4.78 is 0. The number of aromatic hydroxyl groups is 1. The topological polar surface area (TPSA) is 161 Å². The van der Waals surface area contributed by atoms with Gasteiger partial charge in [0.05, 0.1) is 11.7 Å². The molecule has 192 valence electrons. The van der Waals surface area contributed by atoms with Crippen molar-refractivity contribution >= 4 is 23.2 Å². The number of primary amides is 1. The Labute approximate surface area is 209 Å². The van der Waals surface area contributed by atoms with E-state index in [0.717, 1.165) is 12.8 Å². The Morgan fingerprint density at radius 1 is 1.25 bits per heavy atom. The van der Waals surface area contributed by atoms with E-state index in [2.05, 4.69) is 18.8 Å². The first kappa shape index (κ1) is 25.9. The number of rotatable bonds is 4. The summed E-state index contributed by atoms with van der Waals surface area (Å²) in [5.41, 5.74) is 3.82. The summed E-state index contributed by atoms with van der Waals surface area (Å²) in [6, 6.07) is 2.13. The molecule has 1 aromatic rings. The van der Waals surface area contributed by atoms with E-state index in [0.29, 0.717) is 17.5 Å². The van der Waals surface area contributed by atoms with E-state index in [9.17, 15) is 34.8 Å². The maximum Gasteiger partial charge on any atom is 0.230 e. The molecule has 2 saturated carbocycles. The van der Waals surface area contributed by atoms with Crippen molar-refractivity contribution < 1.29 is 34.8 Å². The molecule has 0 bridgehead atoms. The Hall–Kier alpha value is -3.19. The van der Waals surface area contributed by atoms with Gasteiger partial charge in [0.1, 0.15) is 17.4 Å². The first-order valence-electron chi connectivity index (χ1n) is 12.2. The Kier molecular flexibility index (Phi) is 6.73. The molecule has 3 aliphatic rings. The average molecular weight is 497 g/mol. The van der Waals surface area contributed by atoms with E-state index < -0.39 is 58.7 Å². The van der Waals surface area contributed by atoms with Crippen molar-refractivity contribution in [1.29, 1.82) is 0 Å². The number of hydrogen-bond donors (Lipinski definition) is 5. The van der Waals surface area contributed by atoms with Gasteiger partial charge >= 0.3 is 0 Å². The summed E-state index contributed by atoms with van der Waals surface area (Å²) >= 11 is 0. The van der Waals surface area contributed by atoms with Gasteiger partial charge in [0.2, 0.25) is 11.7 Å². The Morgan fingerprint density at radius 3 is 2.56 bits per heavy atom. The van der Waals surface area contributed by atoms with Crippen LogP contribution in [0.15, 0.2) is 17.7 Å². The molecule has 4 rings (SSSR count). The largest absolute Gasteiger partial charge is 0.507 e. The van der Waals surface area contributed by atoms with Crippen LogP contribution in [0, 0.1) is 29.6 Å². The highest BCUT2D eigenvalue weighted by molar-refractivity contribution is 6.25. The predicted molar refractivity (Wildman–Crippen MR) is 130 cm³/mol. The highest BCUT2D eigenvalue weighted by atomic mass is 16.3. The SMILES string of the molecule is CCCCC#Cc1ccc(O)c2c1C[C@@H]1C[C@@H]3[C@@H](N(C)C)C(O)C(C(N)=O)C(=O)[C@]3(O)C(=O)C1=C2O. The molecule has 6 N–H and O–H groups in total. The molecule has 0 aromatic heterocycles. The number of carbonyl (C=O) groups excluding carboxylic acids is 3. The van der Waals surface area contributed by atoms with Crippen LogP contribution in [0.2, 0.25) is 0 Å². The number of nitrogens with zero attached hydrogens (tertiary/aromatic N) is 1. The second-order valence-corrected chi connectivity index (χ2v) is 10.2. The number of hydrogen-bond acceptors (Lipinski definition) is 8. The second-order valence-electron chi connectivity index (χ2n) is 10.2. The lowest BCUT2D eigenvalue weighted by Gasteiger charge is -2.53. The zero-order valence-corrected chi connectivity index (χ0v) is 20.6. The maximum absolute atomic E-state index is 13.8. The molecule has 1 amide bonds. The summed E-state index contributed by atoms with van der Waals surface area (Å²) in [4.78, 5) is 40.7. The number of benzene rings is 1. The highest BCUT2D eigenvalue weighted by Gasteiger charge is 2.67. The molecule has 36 heavy (non-hydrogen) atoms. The minimum atomic E-state index is -2.65. The van der Waals surface area contributed by atoms with Gasteiger partial charge in [-0.1, -0.05) is 25.2 Å². The molecule has 2 unspecified atom stereocenters. The smallest absolute Gasteiger partial charge is 0.230 e. The summed E-state index contributed by atoms with van der Waals surface area (Å²) in [6.45, 7) is 2.06. The lowest BCUT2D eigenvalue weighted by molar-refractivity contribution is -0.184. The molecule has 0 radical (unpaired) electrons. The van der Waals surface area contributed by atoms with Gasteiger partial charge in [-0.3, -0.25) is 14.4 Å². The predicted octanol–water partition coefficient (Wildman–Crippen LogP) is 0.671. The summed E-state index contributed by atoms with van der Waals surface area (Å²) in [5, 5.41) is 44.3. The number of ketones is 2. The van der Waals surface area contributed by atoms with Gasteiger partial charge in [-0.25, -0.2) is 0 Å². The van der Waals surface area contributed by atoms with E-state index in [-0.39, 0.29) is 29.7 Å². The van der Waals surface area contributed by atoms with Crippen molar-refractivity contribution in [3.05, 3.63) is 34.4 Å². The van der Waals surface area contributed by atoms with E-state index in [1.165, 1.54) is 6.07 Å². The van der Waals surface area contributed by atoms with Crippen LogP contribution in [0.1, 0.15) is 49.3 Å². The van der Waals surface area contributed by atoms with E-state index >= 15 is 0 Å². The fraction of sp³-hybridized carbons (Fsp3) is 0.519. The molecule has 0 saturated heterocycles. The molecule has 3 aliphatic carbocycles. The first-order valence-corrected chi connectivity index (χ1v) is 12.2. The molecular weight excluding hydrogens is 464 g/mol. The fourth-order valence-electron chi connectivity index (χ4n) is 6.14. The van der Waals surface area contributed by atoms with Gasteiger partial charge in [0.25, 0.3) is 0 Å². The van der Waals surface area contributed by atoms with Gasteiger partial charge in [0, 0.05) is 29.5 Å². The zero-order valence-electron chi connectivity index (χ0n) is 20.6. The minimum Gasteiger partial charge on any atom is -0.507 e. The first-order chi connectivity index (χ1) is 17.0. The van der Waals surface area contributed by atoms with Crippen LogP contribution in [-0.4, -0.2) is 74.6 Å². The quantitative estimate of drug-likeness (QED) is 0.231. The van der Waals surface area contributed by atoms with Crippen LogP contribution in [0.3, 0.4) is 0 Å². The van der Waals surface area contributed by atoms with Gasteiger partial charge in [-0.15, -0.1) is 0 Å². The van der Waals surface area contributed by atoms with Gasteiger partial charge in [-0.2, -0.15) is 0 Å². The number of phenolic OH excluding ortho intramolecular Hbond substituents is 1. The number of phenols is 1. The second kappa shape index (κ2) is 9.36. The average Bonchev–Trinajstić information content (AvgIpc) is 2.80. The van der Waals surface area contributed by atoms with Crippen molar-refractivity contribution in [3.8, 4) is 17.6 Å². The molecule has 0 aliphatic heterocycles. The van der Waals surface area contributed by atoms with E-state index in [1.54, 1.807) is 25.1 Å². The van der Waals surface area contributed by atoms with Crippen molar-refractivity contribution in [2.45, 2.75) is 56.8 Å². The van der Waals surface area contributed by atoms with E-state index in [4.69, 9.17) is 5.73 Å². The number of fused-ring (bicyclic) bond motifs is 3. The van der Waals surface area contributed by atoms with Crippen molar-refractivity contribution in [3.63, 3.8) is 0 Å². The molecular formula is C27H32N2O7.